The van der Waals surface area contributed by atoms with Gasteiger partial charge in [-0.3, -0.25) is 9.59 Å². The van der Waals surface area contributed by atoms with E-state index >= 15 is 0 Å². The first-order chi connectivity index (χ1) is 9.36. The second-order valence-corrected chi connectivity index (χ2v) is 6.65. The normalized spacial score (nSPS) is 12.5. The van der Waals surface area contributed by atoms with Crippen molar-refractivity contribution in [2.75, 3.05) is 6.61 Å². The third-order valence-corrected chi connectivity index (χ3v) is 2.13. The molecule has 0 heterocycles. The predicted octanol–water partition coefficient (Wildman–Crippen LogP) is 2.94. The molecule has 0 amide bonds. The van der Waals surface area contributed by atoms with Gasteiger partial charge in [-0.1, -0.05) is 27.7 Å². The minimum absolute atomic E-state index is 0.0285. The number of carbonyl (C=O) groups is 2. The maximum Gasteiger partial charge on any atom is 0.308 e. The van der Waals surface area contributed by atoms with Crippen LogP contribution in [0.5, 0.6) is 0 Å². The van der Waals surface area contributed by atoms with Gasteiger partial charge in [-0.2, -0.15) is 0 Å². The van der Waals surface area contributed by atoms with Gasteiger partial charge in [0.2, 0.25) is 0 Å². The fourth-order valence-corrected chi connectivity index (χ4v) is 0.916. The lowest BCUT2D eigenvalue weighted by Crippen LogP contribution is -2.26. The van der Waals surface area contributed by atoms with Crippen molar-refractivity contribution in [1.82, 2.24) is 0 Å². The van der Waals surface area contributed by atoms with Crippen LogP contribution in [-0.2, 0) is 19.1 Å². The van der Waals surface area contributed by atoms with Crippen LogP contribution in [0.2, 0.25) is 0 Å². The van der Waals surface area contributed by atoms with E-state index < -0.39 is 6.10 Å². The van der Waals surface area contributed by atoms with Crippen LogP contribution in [0.25, 0.3) is 0 Å². The highest BCUT2D eigenvalue weighted by Gasteiger charge is 2.18. The molecule has 0 aromatic carbocycles. The number of ether oxygens (including phenoxy) is 2. The van der Waals surface area contributed by atoms with Gasteiger partial charge in [0.15, 0.2) is 0 Å². The molecule has 1 N–H and O–H groups in total. The van der Waals surface area contributed by atoms with Crippen molar-refractivity contribution in [3.63, 3.8) is 0 Å². The van der Waals surface area contributed by atoms with Crippen LogP contribution in [0.4, 0.5) is 0 Å². The molecule has 0 saturated heterocycles. The van der Waals surface area contributed by atoms with Gasteiger partial charge < -0.3 is 14.6 Å². The Bertz CT molecular complexity index is 300. The topological polar surface area (TPSA) is 72.8 Å². The van der Waals surface area contributed by atoms with E-state index in [4.69, 9.17) is 14.6 Å². The van der Waals surface area contributed by atoms with Gasteiger partial charge >= 0.3 is 11.9 Å². The highest BCUT2D eigenvalue weighted by molar-refractivity contribution is 5.72. The Morgan fingerprint density at radius 2 is 1.38 bits per heavy atom. The number of aliphatic hydroxyl groups excluding tert-OH is 1. The lowest BCUT2D eigenvalue weighted by Gasteiger charge is -2.20. The standard InChI is InChI=1S/C8H16O3.C8H16O2/c1-6(2)8(10)11-5-4-7(3)9;1-6(2)7(9)10-8(3,4)5/h6-7,9H,4-5H2,1-3H3;6H,1-5H3. The van der Waals surface area contributed by atoms with Gasteiger partial charge in [0, 0.05) is 6.42 Å². The molecule has 5 heteroatoms. The van der Waals surface area contributed by atoms with E-state index in [0.29, 0.717) is 13.0 Å². The number of aliphatic hydroxyl groups is 1. The van der Waals surface area contributed by atoms with E-state index in [9.17, 15) is 9.59 Å². The third kappa shape index (κ3) is 16.8. The molecule has 1 unspecified atom stereocenters. The van der Waals surface area contributed by atoms with E-state index in [-0.39, 0.29) is 29.4 Å². The number of hydrogen-bond donors (Lipinski definition) is 1. The Hall–Kier alpha value is -1.10. The molecule has 0 fully saturated rings. The SMILES string of the molecule is CC(C)C(=O)OC(C)(C)C.CC(O)CCOC(=O)C(C)C. The van der Waals surface area contributed by atoms with Crippen molar-refractivity contribution in [2.45, 2.75) is 73.5 Å². The lowest BCUT2D eigenvalue weighted by molar-refractivity contribution is -0.158. The lowest BCUT2D eigenvalue weighted by atomic mass is 10.1. The van der Waals surface area contributed by atoms with Gasteiger partial charge in [-0.25, -0.2) is 0 Å². The first-order valence-electron chi connectivity index (χ1n) is 7.44. The molecule has 0 spiro atoms. The van der Waals surface area contributed by atoms with Crippen LogP contribution >= 0.6 is 0 Å². The summed E-state index contributed by atoms with van der Waals surface area (Å²) in [6, 6.07) is 0. The van der Waals surface area contributed by atoms with Crippen LogP contribution in [0.3, 0.4) is 0 Å². The summed E-state index contributed by atoms with van der Waals surface area (Å²) < 4.78 is 9.88. The molecule has 0 radical (unpaired) electrons. The number of carbonyl (C=O) groups excluding carboxylic acids is 2. The molecule has 21 heavy (non-hydrogen) atoms. The number of esters is 2. The van der Waals surface area contributed by atoms with Crippen LogP contribution in [-0.4, -0.2) is 35.4 Å². The first-order valence-corrected chi connectivity index (χ1v) is 7.44. The van der Waals surface area contributed by atoms with Gasteiger partial charge in [-0.05, 0) is 27.7 Å². The Balaban J connectivity index is 0. The van der Waals surface area contributed by atoms with Gasteiger partial charge in [0.1, 0.15) is 5.60 Å². The van der Waals surface area contributed by atoms with Gasteiger partial charge in [-0.15, -0.1) is 0 Å². The molecule has 126 valence electrons. The molecule has 0 saturated carbocycles. The number of rotatable bonds is 5. The summed E-state index contributed by atoms with van der Waals surface area (Å²) in [7, 11) is 0. The van der Waals surface area contributed by atoms with Crippen LogP contribution in [0.15, 0.2) is 0 Å². The van der Waals surface area contributed by atoms with E-state index in [1.165, 1.54) is 0 Å². The summed E-state index contributed by atoms with van der Waals surface area (Å²) in [6.07, 6.45) is 0.119. The molecule has 1 atom stereocenters. The Morgan fingerprint density at radius 3 is 1.62 bits per heavy atom. The maximum absolute atomic E-state index is 10.9. The zero-order valence-corrected chi connectivity index (χ0v) is 14.7. The molecule has 0 aromatic heterocycles. The summed E-state index contributed by atoms with van der Waals surface area (Å²) in [5, 5.41) is 8.81. The minimum atomic E-state index is -0.394. The number of hydrogen-bond acceptors (Lipinski definition) is 5. The molecule has 0 aliphatic carbocycles. The smallest absolute Gasteiger partial charge is 0.308 e. The fourth-order valence-electron chi connectivity index (χ4n) is 0.916. The summed E-state index contributed by atoms with van der Waals surface area (Å²) in [6.45, 7) is 14.8. The first kappa shape index (κ1) is 22.2. The predicted molar refractivity (Wildman–Crippen MR) is 82.8 cm³/mol. The average Bonchev–Trinajstić information content (AvgIpc) is 2.26. The van der Waals surface area contributed by atoms with Crippen molar-refractivity contribution in [3.8, 4) is 0 Å². The average molecular weight is 304 g/mol. The van der Waals surface area contributed by atoms with Crippen molar-refractivity contribution in [2.24, 2.45) is 11.8 Å². The van der Waals surface area contributed by atoms with Crippen molar-refractivity contribution < 1.29 is 24.2 Å². The maximum atomic E-state index is 10.9. The monoisotopic (exact) mass is 304 g/mol. The van der Waals surface area contributed by atoms with Crippen LogP contribution in [0, 0.1) is 11.8 Å². The fraction of sp³-hybridized carbons (Fsp3) is 0.875. The quantitative estimate of drug-likeness (QED) is 0.791. The van der Waals surface area contributed by atoms with E-state index in [0.717, 1.165) is 0 Å². The molecule has 5 nitrogen and oxygen atoms in total. The molecular formula is C16H32O5. The summed E-state index contributed by atoms with van der Waals surface area (Å²) in [5.74, 6) is -0.443. The van der Waals surface area contributed by atoms with E-state index in [2.05, 4.69) is 0 Å². The molecule has 0 aromatic rings. The van der Waals surface area contributed by atoms with E-state index in [1.54, 1.807) is 20.8 Å². The Morgan fingerprint density at radius 1 is 0.952 bits per heavy atom. The molecule has 0 aliphatic heterocycles. The second kappa shape index (κ2) is 10.6. The zero-order valence-electron chi connectivity index (χ0n) is 14.7. The minimum Gasteiger partial charge on any atom is -0.465 e. The largest absolute Gasteiger partial charge is 0.465 e. The van der Waals surface area contributed by atoms with Crippen LogP contribution in [0.1, 0.15) is 61.8 Å². The molecular weight excluding hydrogens is 272 g/mol. The summed E-state index contributed by atoms with van der Waals surface area (Å²) in [5.41, 5.74) is -0.346. The van der Waals surface area contributed by atoms with Crippen molar-refractivity contribution in [1.29, 1.82) is 0 Å². The van der Waals surface area contributed by atoms with Gasteiger partial charge in [0.05, 0.1) is 24.5 Å². The summed E-state index contributed by atoms with van der Waals surface area (Å²) in [4.78, 5) is 21.8. The summed E-state index contributed by atoms with van der Waals surface area (Å²) >= 11 is 0. The van der Waals surface area contributed by atoms with Crippen molar-refractivity contribution in [3.05, 3.63) is 0 Å². The van der Waals surface area contributed by atoms with Gasteiger partial charge in [0.25, 0.3) is 0 Å². The molecule has 0 bridgehead atoms. The molecule has 0 aliphatic rings. The highest BCUT2D eigenvalue weighted by Crippen LogP contribution is 2.10. The zero-order chi connectivity index (χ0) is 17.2. The Labute approximate surface area is 129 Å². The molecule has 0 rings (SSSR count). The second-order valence-electron chi connectivity index (χ2n) is 6.65. The highest BCUT2D eigenvalue weighted by atomic mass is 16.6. The Kier molecular flexibility index (Phi) is 11.2. The van der Waals surface area contributed by atoms with Crippen LogP contribution < -0.4 is 0 Å². The van der Waals surface area contributed by atoms with Crippen molar-refractivity contribution >= 4 is 11.9 Å². The van der Waals surface area contributed by atoms with E-state index in [1.807, 2.05) is 34.6 Å². The third-order valence-electron chi connectivity index (χ3n) is 2.13.